The van der Waals surface area contributed by atoms with Crippen LogP contribution in [0, 0.1) is 5.92 Å². The first kappa shape index (κ1) is 23.3. The first-order valence-electron chi connectivity index (χ1n) is 10.8. The molecule has 33 heavy (non-hydrogen) atoms. The molecule has 1 aliphatic heterocycles. The molecule has 3 N–H and O–H groups in total. The van der Waals surface area contributed by atoms with E-state index in [1.807, 2.05) is 0 Å². The van der Waals surface area contributed by atoms with Crippen LogP contribution in [0.15, 0.2) is 24.3 Å². The van der Waals surface area contributed by atoms with Crippen LogP contribution >= 0.6 is 11.3 Å². The first-order chi connectivity index (χ1) is 15.6. The maximum atomic E-state index is 13.0. The van der Waals surface area contributed by atoms with Gasteiger partial charge in [-0.25, -0.2) is 0 Å². The van der Waals surface area contributed by atoms with Gasteiger partial charge in [0, 0.05) is 24.4 Å². The zero-order chi connectivity index (χ0) is 23.8. The van der Waals surface area contributed by atoms with E-state index in [9.17, 15) is 27.6 Å². The Kier molecular flexibility index (Phi) is 6.47. The third-order valence-corrected chi connectivity index (χ3v) is 7.32. The average molecular weight is 480 g/mol. The molecule has 1 aromatic heterocycles. The van der Waals surface area contributed by atoms with E-state index >= 15 is 0 Å². The quantitative estimate of drug-likeness (QED) is 0.632. The highest BCUT2D eigenvalue weighted by atomic mass is 32.1. The fraction of sp³-hybridized carbons (Fsp3) is 0.435. The maximum Gasteiger partial charge on any atom is 0.416 e. The largest absolute Gasteiger partial charge is 0.416 e. The van der Waals surface area contributed by atoms with Gasteiger partial charge in [0.1, 0.15) is 5.00 Å². The molecule has 3 amide bonds. The molecule has 1 aromatic carbocycles. The number of likely N-dealkylation sites (tertiary alicyclic amines) is 1. The summed E-state index contributed by atoms with van der Waals surface area (Å²) in [5, 5.41) is 3.22. The maximum absolute atomic E-state index is 13.0. The van der Waals surface area contributed by atoms with Gasteiger partial charge in [-0.1, -0.05) is 18.6 Å². The van der Waals surface area contributed by atoms with Gasteiger partial charge in [-0.2, -0.15) is 13.2 Å². The lowest BCUT2D eigenvalue weighted by Gasteiger charge is -2.17. The lowest BCUT2D eigenvalue weighted by Crippen LogP contribution is -2.28. The van der Waals surface area contributed by atoms with Gasteiger partial charge in [-0.05, 0) is 48.9 Å². The summed E-state index contributed by atoms with van der Waals surface area (Å²) in [6.07, 6.45) is 0.120. The number of aryl methyl sites for hydroxylation is 1. The van der Waals surface area contributed by atoms with Crippen molar-refractivity contribution < 1.29 is 27.6 Å². The van der Waals surface area contributed by atoms with E-state index in [-0.39, 0.29) is 25.4 Å². The van der Waals surface area contributed by atoms with Gasteiger partial charge >= 0.3 is 6.18 Å². The van der Waals surface area contributed by atoms with Gasteiger partial charge < -0.3 is 16.0 Å². The predicted molar refractivity (Wildman–Crippen MR) is 118 cm³/mol. The van der Waals surface area contributed by atoms with Crippen LogP contribution in [0.5, 0.6) is 0 Å². The van der Waals surface area contributed by atoms with Crippen LogP contribution in [0.25, 0.3) is 0 Å². The number of hydrogen-bond acceptors (Lipinski definition) is 4. The summed E-state index contributed by atoms with van der Waals surface area (Å²) < 4.78 is 38.9. The van der Waals surface area contributed by atoms with E-state index in [4.69, 9.17) is 5.73 Å². The molecule has 0 saturated carbocycles. The molecule has 1 atom stereocenters. The third kappa shape index (κ3) is 5.05. The van der Waals surface area contributed by atoms with Crippen molar-refractivity contribution in [1.82, 2.24) is 4.90 Å². The second-order valence-electron chi connectivity index (χ2n) is 8.50. The van der Waals surface area contributed by atoms with E-state index in [1.165, 1.54) is 28.4 Å². The Morgan fingerprint density at radius 1 is 1.18 bits per heavy atom. The highest BCUT2D eigenvalue weighted by Gasteiger charge is 2.36. The van der Waals surface area contributed by atoms with E-state index in [0.29, 0.717) is 16.1 Å². The second kappa shape index (κ2) is 9.17. The fourth-order valence-corrected chi connectivity index (χ4v) is 5.77. The van der Waals surface area contributed by atoms with Crippen LogP contribution in [-0.2, 0) is 35.2 Å². The zero-order valence-electron chi connectivity index (χ0n) is 17.8. The van der Waals surface area contributed by atoms with Crippen LogP contribution in [-0.4, -0.2) is 29.2 Å². The number of thiophene rings is 1. The molecule has 4 rings (SSSR count). The molecule has 1 saturated heterocycles. The molecule has 1 fully saturated rings. The first-order valence-corrected chi connectivity index (χ1v) is 11.6. The number of alkyl halides is 3. The van der Waals surface area contributed by atoms with Crippen molar-refractivity contribution in [3.63, 3.8) is 0 Å². The van der Waals surface area contributed by atoms with Crippen LogP contribution in [0.4, 0.5) is 18.2 Å². The molecule has 2 aliphatic rings. The van der Waals surface area contributed by atoms with Crippen molar-refractivity contribution in [3.05, 3.63) is 51.4 Å². The normalized spacial score (nSPS) is 18.7. The molecular formula is C23H24F3N3O3S. The molecular weight excluding hydrogens is 455 g/mol. The number of rotatable bonds is 5. The minimum Gasteiger partial charge on any atom is -0.365 e. The Labute approximate surface area is 192 Å². The number of amides is 3. The van der Waals surface area contributed by atoms with Gasteiger partial charge in [0.25, 0.3) is 5.91 Å². The predicted octanol–water partition coefficient (Wildman–Crippen LogP) is 4.12. The Morgan fingerprint density at radius 3 is 2.67 bits per heavy atom. The molecule has 2 aromatic rings. The second-order valence-corrected chi connectivity index (χ2v) is 9.60. The van der Waals surface area contributed by atoms with E-state index in [2.05, 4.69) is 5.32 Å². The number of halogens is 3. The van der Waals surface area contributed by atoms with Gasteiger partial charge in [-0.3, -0.25) is 14.4 Å². The van der Waals surface area contributed by atoms with Crippen LogP contribution in [0.3, 0.4) is 0 Å². The van der Waals surface area contributed by atoms with Crippen molar-refractivity contribution >= 4 is 34.1 Å². The third-order valence-electron chi connectivity index (χ3n) is 6.12. The highest BCUT2D eigenvalue weighted by Crippen LogP contribution is 2.38. The van der Waals surface area contributed by atoms with Gasteiger partial charge in [0.15, 0.2) is 0 Å². The van der Waals surface area contributed by atoms with Crippen LogP contribution in [0.2, 0.25) is 0 Å². The van der Waals surface area contributed by atoms with Crippen molar-refractivity contribution in [2.24, 2.45) is 11.7 Å². The Balaban J connectivity index is 1.46. The topological polar surface area (TPSA) is 92.5 Å². The van der Waals surface area contributed by atoms with Gasteiger partial charge in [0.05, 0.1) is 17.0 Å². The van der Waals surface area contributed by atoms with Crippen LogP contribution < -0.4 is 11.1 Å². The number of fused-ring (bicyclic) bond motifs is 1. The zero-order valence-corrected chi connectivity index (χ0v) is 18.7. The van der Waals surface area contributed by atoms with Gasteiger partial charge in [-0.15, -0.1) is 11.3 Å². The Morgan fingerprint density at radius 2 is 1.94 bits per heavy atom. The SMILES string of the molecule is NC(=O)c1c(NC(=O)C2CC(=O)N(Cc3cccc(C(F)(F)F)c3)C2)sc2c1CCCCC2. The molecule has 0 spiro atoms. The van der Waals surface area contributed by atoms with Crippen molar-refractivity contribution in [2.75, 3.05) is 11.9 Å². The summed E-state index contributed by atoms with van der Waals surface area (Å²) in [4.78, 5) is 39.9. The fourth-order valence-electron chi connectivity index (χ4n) is 4.47. The summed E-state index contributed by atoms with van der Waals surface area (Å²) in [7, 11) is 0. The monoisotopic (exact) mass is 479 g/mol. The molecule has 1 aliphatic carbocycles. The molecule has 176 valence electrons. The molecule has 2 heterocycles. The molecule has 10 heteroatoms. The van der Waals surface area contributed by atoms with Crippen LogP contribution in [0.1, 0.15) is 57.6 Å². The van der Waals surface area contributed by atoms with E-state index in [1.54, 1.807) is 0 Å². The van der Waals surface area contributed by atoms with E-state index < -0.39 is 29.5 Å². The van der Waals surface area contributed by atoms with E-state index in [0.717, 1.165) is 54.7 Å². The lowest BCUT2D eigenvalue weighted by atomic mass is 10.0. The summed E-state index contributed by atoms with van der Waals surface area (Å²) in [5.74, 6) is -1.94. The Bertz CT molecular complexity index is 1100. The average Bonchev–Trinajstić information content (AvgIpc) is 3.19. The number of benzene rings is 1. The van der Waals surface area contributed by atoms with Gasteiger partial charge in [0.2, 0.25) is 11.8 Å². The van der Waals surface area contributed by atoms with Crippen molar-refractivity contribution in [1.29, 1.82) is 0 Å². The number of anilines is 1. The molecule has 0 bridgehead atoms. The number of nitrogens with zero attached hydrogens (tertiary/aromatic N) is 1. The minimum absolute atomic E-state index is 0.00757. The molecule has 6 nitrogen and oxygen atoms in total. The summed E-state index contributed by atoms with van der Waals surface area (Å²) in [6, 6.07) is 4.81. The number of nitrogens with two attached hydrogens (primary N) is 1. The van der Waals surface area contributed by atoms with Crippen molar-refractivity contribution in [3.8, 4) is 0 Å². The highest BCUT2D eigenvalue weighted by molar-refractivity contribution is 7.17. The number of carbonyl (C=O) groups is 3. The smallest absolute Gasteiger partial charge is 0.365 e. The lowest BCUT2D eigenvalue weighted by molar-refractivity contribution is -0.137. The number of carbonyl (C=O) groups excluding carboxylic acids is 3. The number of hydrogen-bond donors (Lipinski definition) is 2. The summed E-state index contributed by atoms with van der Waals surface area (Å²) in [6.45, 7) is 0.0876. The Hall–Kier alpha value is -2.88. The molecule has 1 unspecified atom stereocenters. The number of primary amides is 1. The summed E-state index contributed by atoms with van der Waals surface area (Å²) >= 11 is 1.36. The standard InChI is InChI=1S/C23H24F3N3O3S/c24-23(25,26)15-6-4-5-13(9-15)11-29-12-14(10-18(29)30)21(32)28-22-19(20(27)31)16-7-2-1-3-8-17(16)33-22/h4-6,9,14H,1-3,7-8,10-12H2,(H2,27,31)(H,28,32). The van der Waals surface area contributed by atoms with Crippen molar-refractivity contribution in [2.45, 2.75) is 51.2 Å². The minimum atomic E-state index is -4.47. The summed E-state index contributed by atoms with van der Waals surface area (Å²) in [5.41, 5.74) is 6.44. The molecule has 0 radical (unpaired) electrons. The number of nitrogens with one attached hydrogen (secondary N) is 1.